The fourth-order valence-electron chi connectivity index (χ4n) is 0.772. The van der Waals surface area contributed by atoms with Crippen molar-refractivity contribution in [3.63, 3.8) is 0 Å². The highest BCUT2D eigenvalue weighted by Crippen LogP contribution is 2.06. The van der Waals surface area contributed by atoms with E-state index in [9.17, 15) is 9.59 Å². The molecule has 0 radical (unpaired) electrons. The second kappa shape index (κ2) is 5.31. The minimum absolute atomic E-state index is 0.0783. The zero-order valence-corrected chi connectivity index (χ0v) is 7.79. The molecule has 5 nitrogen and oxygen atoms in total. The third-order valence-electron chi connectivity index (χ3n) is 1.43. The van der Waals surface area contributed by atoms with E-state index in [-0.39, 0.29) is 17.9 Å². The summed E-state index contributed by atoms with van der Waals surface area (Å²) in [6.07, 6.45) is 0. The van der Waals surface area contributed by atoms with Crippen LogP contribution in [0, 0.1) is 0 Å². The molecule has 0 aromatic rings. The lowest BCUT2D eigenvalue weighted by atomic mass is 10.1. The topological polar surface area (TPSA) is 72.8 Å². The molecule has 0 fully saturated rings. The van der Waals surface area contributed by atoms with Crippen molar-refractivity contribution < 1.29 is 24.2 Å². The number of ketones is 1. The highest BCUT2D eigenvalue weighted by atomic mass is 16.5. The van der Waals surface area contributed by atoms with Gasteiger partial charge in [0.05, 0.1) is 7.11 Å². The second-order valence-corrected chi connectivity index (χ2v) is 2.30. The first-order chi connectivity index (χ1) is 6.04. The summed E-state index contributed by atoms with van der Waals surface area (Å²) in [4.78, 5) is 21.7. The van der Waals surface area contributed by atoms with Crippen LogP contribution in [-0.2, 0) is 19.1 Å². The standard InChI is InChI=1S/C8H12O5/c1-5(13-3)7(8(10)11)6(9)4-12-2/h4H2,1-3H3,(H,10,11)/b7-5-. The molecular weight excluding hydrogens is 176 g/mol. The summed E-state index contributed by atoms with van der Waals surface area (Å²) in [7, 11) is 2.62. The number of rotatable bonds is 5. The fraction of sp³-hybridized carbons (Fsp3) is 0.500. The highest BCUT2D eigenvalue weighted by molar-refractivity contribution is 6.17. The third-order valence-corrected chi connectivity index (χ3v) is 1.43. The number of Topliss-reactive ketones (excluding diaryl/α,β-unsaturated/α-hetero) is 1. The van der Waals surface area contributed by atoms with Gasteiger partial charge in [-0.25, -0.2) is 4.79 Å². The Morgan fingerprint density at radius 3 is 2.15 bits per heavy atom. The second-order valence-electron chi connectivity index (χ2n) is 2.30. The predicted octanol–water partition coefficient (Wildman–Crippen LogP) is 0.207. The number of carbonyl (C=O) groups is 2. The van der Waals surface area contributed by atoms with Crippen molar-refractivity contribution in [1.29, 1.82) is 0 Å². The number of ether oxygens (including phenoxy) is 2. The highest BCUT2D eigenvalue weighted by Gasteiger charge is 2.20. The Morgan fingerprint density at radius 2 is 1.85 bits per heavy atom. The third kappa shape index (κ3) is 3.25. The van der Waals surface area contributed by atoms with Gasteiger partial charge in [-0.2, -0.15) is 0 Å². The van der Waals surface area contributed by atoms with Crippen molar-refractivity contribution in [3.8, 4) is 0 Å². The van der Waals surface area contributed by atoms with E-state index in [0.717, 1.165) is 0 Å². The van der Waals surface area contributed by atoms with Crippen molar-refractivity contribution in [3.05, 3.63) is 11.3 Å². The number of aliphatic carboxylic acids is 1. The van der Waals surface area contributed by atoms with E-state index >= 15 is 0 Å². The minimum atomic E-state index is -1.30. The maximum absolute atomic E-state index is 11.1. The number of hydrogen-bond acceptors (Lipinski definition) is 4. The lowest BCUT2D eigenvalue weighted by molar-refractivity contribution is -0.135. The molecule has 0 unspecified atom stereocenters. The zero-order valence-electron chi connectivity index (χ0n) is 7.79. The van der Waals surface area contributed by atoms with Gasteiger partial charge in [-0.1, -0.05) is 0 Å². The first-order valence-corrected chi connectivity index (χ1v) is 3.54. The van der Waals surface area contributed by atoms with Gasteiger partial charge in [-0.15, -0.1) is 0 Å². The molecule has 0 aromatic heterocycles. The Bertz CT molecular complexity index is 241. The average molecular weight is 188 g/mol. The molecule has 0 bridgehead atoms. The molecule has 0 saturated carbocycles. The van der Waals surface area contributed by atoms with Gasteiger partial charge in [0, 0.05) is 7.11 Å². The van der Waals surface area contributed by atoms with Gasteiger partial charge < -0.3 is 14.6 Å². The van der Waals surface area contributed by atoms with Crippen LogP contribution in [0.15, 0.2) is 11.3 Å². The molecule has 0 rings (SSSR count). The Balaban J connectivity index is 4.82. The molecule has 0 aliphatic heterocycles. The van der Waals surface area contributed by atoms with E-state index in [2.05, 4.69) is 9.47 Å². The fourth-order valence-corrected chi connectivity index (χ4v) is 0.772. The molecule has 1 N–H and O–H groups in total. The molecule has 13 heavy (non-hydrogen) atoms. The summed E-state index contributed by atoms with van der Waals surface area (Å²) >= 11 is 0. The van der Waals surface area contributed by atoms with Gasteiger partial charge in [0.15, 0.2) is 5.78 Å². The summed E-state index contributed by atoms with van der Waals surface area (Å²) in [5, 5.41) is 8.66. The Kier molecular flexibility index (Phi) is 4.76. The van der Waals surface area contributed by atoms with Crippen LogP contribution < -0.4 is 0 Å². The molecule has 0 atom stereocenters. The van der Waals surface area contributed by atoms with Crippen molar-refractivity contribution in [1.82, 2.24) is 0 Å². The molecule has 74 valence electrons. The minimum Gasteiger partial charge on any atom is -0.500 e. The van der Waals surface area contributed by atoms with Crippen LogP contribution in [0.5, 0.6) is 0 Å². The van der Waals surface area contributed by atoms with Gasteiger partial charge in [-0.3, -0.25) is 4.79 Å². The molecule has 0 amide bonds. The number of hydrogen-bond donors (Lipinski definition) is 1. The Morgan fingerprint density at radius 1 is 1.31 bits per heavy atom. The SMILES string of the molecule is COCC(=O)/C(C(=O)O)=C(\C)OC. The van der Waals surface area contributed by atoms with Crippen LogP contribution in [0.1, 0.15) is 6.92 Å². The van der Waals surface area contributed by atoms with Crippen LogP contribution in [0.3, 0.4) is 0 Å². The van der Waals surface area contributed by atoms with Crippen molar-refractivity contribution >= 4 is 11.8 Å². The molecule has 0 saturated heterocycles. The summed E-state index contributed by atoms with van der Waals surface area (Å²) in [6.45, 7) is 1.15. The first-order valence-electron chi connectivity index (χ1n) is 3.54. The summed E-state index contributed by atoms with van der Waals surface area (Å²) in [5.41, 5.74) is -0.371. The van der Waals surface area contributed by atoms with Crippen LogP contribution in [0.2, 0.25) is 0 Å². The largest absolute Gasteiger partial charge is 0.500 e. The van der Waals surface area contributed by atoms with Gasteiger partial charge in [0.1, 0.15) is 17.9 Å². The van der Waals surface area contributed by atoms with Crippen molar-refractivity contribution in [2.75, 3.05) is 20.8 Å². The van der Waals surface area contributed by atoms with Crippen LogP contribution in [0.25, 0.3) is 0 Å². The molecule has 0 spiro atoms. The van der Waals surface area contributed by atoms with Crippen LogP contribution in [-0.4, -0.2) is 37.7 Å². The molecule has 0 aliphatic rings. The molecular formula is C8H12O5. The van der Waals surface area contributed by atoms with E-state index < -0.39 is 11.8 Å². The van der Waals surface area contributed by atoms with E-state index in [1.807, 2.05) is 0 Å². The number of carboxylic acid groups (broad SMARTS) is 1. The van der Waals surface area contributed by atoms with Crippen LogP contribution >= 0.6 is 0 Å². The monoisotopic (exact) mass is 188 g/mol. The zero-order chi connectivity index (χ0) is 10.4. The van der Waals surface area contributed by atoms with Gasteiger partial charge in [0.2, 0.25) is 0 Å². The van der Waals surface area contributed by atoms with E-state index in [0.29, 0.717) is 0 Å². The number of methoxy groups -OCH3 is 2. The summed E-state index contributed by atoms with van der Waals surface area (Å²) in [5.74, 6) is -1.83. The lowest BCUT2D eigenvalue weighted by Gasteiger charge is -2.05. The average Bonchev–Trinajstić information content (AvgIpc) is 2.04. The molecule has 0 aromatic carbocycles. The molecule has 5 heteroatoms. The number of allylic oxidation sites excluding steroid dienone is 1. The lowest BCUT2D eigenvalue weighted by Crippen LogP contribution is -2.19. The normalized spacial score (nSPS) is 11.9. The van der Waals surface area contributed by atoms with Crippen molar-refractivity contribution in [2.24, 2.45) is 0 Å². The summed E-state index contributed by atoms with van der Waals surface area (Å²) in [6, 6.07) is 0. The smallest absolute Gasteiger partial charge is 0.342 e. The van der Waals surface area contributed by atoms with E-state index in [1.165, 1.54) is 21.1 Å². The maximum atomic E-state index is 11.1. The van der Waals surface area contributed by atoms with E-state index in [1.54, 1.807) is 0 Å². The Labute approximate surface area is 75.9 Å². The molecule has 0 aliphatic carbocycles. The molecule has 0 heterocycles. The van der Waals surface area contributed by atoms with Crippen LogP contribution in [0.4, 0.5) is 0 Å². The predicted molar refractivity (Wildman–Crippen MR) is 44.2 cm³/mol. The van der Waals surface area contributed by atoms with Gasteiger partial charge in [-0.05, 0) is 6.92 Å². The summed E-state index contributed by atoms with van der Waals surface area (Å²) < 4.78 is 9.19. The Hall–Kier alpha value is -1.36. The first kappa shape index (κ1) is 11.6. The van der Waals surface area contributed by atoms with Gasteiger partial charge >= 0.3 is 5.97 Å². The van der Waals surface area contributed by atoms with Gasteiger partial charge in [0.25, 0.3) is 0 Å². The van der Waals surface area contributed by atoms with Crippen molar-refractivity contribution in [2.45, 2.75) is 6.92 Å². The number of carbonyl (C=O) groups excluding carboxylic acids is 1. The maximum Gasteiger partial charge on any atom is 0.342 e. The number of carboxylic acids is 1. The van der Waals surface area contributed by atoms with E-state index in [4.69, 9.17) is 5.11 Å². The quantitative estimate of drug-likeness (QED) is 0.289.